The van der Waals surface area contributed by atoms with Crippen LogP contribution in [0.4, 0.5) is 0 Å². The monoisotopic (exact) mass is 260 g/mol. The van der Waals surface area contributed by atoms with Crippen LogP contribution in [0.3, 0.4) is 0 Å². The Morgan fingerprint density at radius 3 is 2.63 bits per heavy atom. The molecule has 0 aliphatic heterocycles. The SMILES string of the molecule is CCN(CC)CCn1ccc2cc(C(=O)O)ccc21. The molecule has 0 fully saturated rings. The van der Waals surface area contributed by atoms with Crippen molar-refractivity contribution in [1.29, 1.82) is 0 Å². The maximum absolute atomic E-state index is 10.9. The van der Waals surface area contributed by atoms with Crippen molar-refractivity contribution in [3.8, 4) is 0 Å². The number of fused-ring (bicyclic) bond motifs is 1. The van der Waals surface area contributed by atoms with Gasteiger partial charge in [0.2, 0.25) is 0 Å². The molecule has 0 aliphatic carbocycles. The van der Waals surface area contributed by atoms with E-state index >= 15 is 0 Å². The molecule has 2 aromatic rings. The second kappa shape index (κ2) is 5.89. The lowest BCUT2D eigenvalue weighted by Crippen LogP contribution is -2.26. The molecule has 1 N–H and O–H groups in total. The number of aromatic nitrogens is 1. The van der Waals surface area contributed by atoms with Crippen LogP contribution in [0.25, 0.3) is 10.9 Å². The predicted octanol–water partition coefficient (Wildman–Crippen LogP) is 2.68. The fourth-order valence-electron chi connectivity index (χ4n) is 2.32. The first-order chi connectivity index (χ1) is 9.15. The van der Waals surface area contributed by atoms with E-state index in [1.54, 1.807) is 12.1 Å². The molecule has 1 aromatic heterocycles. The van der Waals surface area contributed by atoms with Crippen LogP contribution in [-0.4, -0.2) is 40.2 Å². The smallest absolute Gasteiger partial charge is 0.335 e. The summed E-state index contributed by atoms with van der Waals surface area (Å²) in [6.07, 6.45) is 2.03. The molecule has 0 amide bonds. The average Bonchev–Trinajstić information content (AvgIpc) is 2.82. The summed E-state index contributed by atoms with van der Waals surface area (Å²) < 4.78 is 2.18. The van der Waals surface area contributed by atoms with Gasteiger partial charge in [-0.1, -0.05) is 13.8 Å². The average molecular weight is 260 g/mol. The normalized spacial score (nSPS) is 11.3. The molecule has 0 radical (unpaired) electrons. The van der Waals surface area contributed by atoms with Crippen LogP contribution in [0.5, 0.6) is 0 Å². The molecule has 2 rings (SSSR count). The van der Waals surface area contributed by atoms with Crippen molar-refractivity contribution in [2.24, 2.45) is 0 Å². The summed E-state index contributed by atoms with van der Waals surface area (Å²) in [6, 6.07) is 7.26. The van der Waals surface area contributed by atoms with Crippen molar-refractivity contribution < 1.29 is 9.90 Å². The first-order valence-corrected chi connectivity index (χ1v) is 6.70. The number of nitrogens with zero attached hydrogens (tertiary/aromatic N) is 2. The van der Waals surface area contributed by atoms with Crippen LogP contribution in [0, 0.1) is 0 Å². The largest absolute Gasteiger partial charge is 0.478 e. The number of likely N-dealkylation sites (N-methyl/N-ethyl adjacent to an activating group) is 1. The summed E-state index contributed by atoms with van der Waals surface area (Å²) in [5.41, 5.74) is 1.44. The van der Waals surface area contributed by atoms with Gasteiger partial charge in [-0.05, 0) is 37.4 Å². The number of carboxylic acids is 1. The minimum Gasteiger partial charge on any atom is -0.478 e. The number of hydrogen-bond donors (Lipinski definition) is 1. The van der Waals surface area contributed by atoms with Gasteiger partial charge in [-0.25, -0.2) is 4.79 Å². The number of aromatic carboxylic acids is 1. The van der Waals surface area contributed by atoms with Gasteiger partial charge in [-0.2, -0.15) is 0 Å². The predicted molar refractivity (Wildman–Crippen MR) is 76.7 cm³/mol. The summed E-state index contributed by atoms with van der Waals surface area (Å²) in [4.78, 5) is 13.3. The molecule has 19 heavy (non-hydrogen) atoms. The Kier molecular flexibility index (Phi) is 4.22. The Bertz CT molecular complexity index is 571. The van der Waals surface area contributed by atoms with Gasteiger partial charge >= 0.3 is 5.97 Å². The van der Waals surface area contributed by atoms with Gasteiger partial charge in [0.15, 0.2) is 0 Å². The van der Waals surface area contributed by atoms with E-state index in [2.05, 4.69) is 23.3 Å². The molecule has 1 heterocycles. The molecule has 0 spiro atoms. The lowest BCUT2D eigenvalue weighted by molar-refractivity contribution is 0.0697. The van der Waals surface area contributed by atoms with Crippen LogP contribution in [-0.2, 0) is 6.54 Å². The zero-order chi connectivity index (χ0) is 13.8. The van der Waals surface area contributed by atoms with E-state index < -0.39 is 5.97 Å². The van der Waals surface area contributed by atoms with Gasteiger partial charge in [0.05, 0.1) is 5.56 Å². The van der Waals surface area contributed by atoms with Crippen molar-refractivity contribution in [2.45, 2.75) is 20.4 Å². The highest BCUT2D eigenvalue weighted by atomic mass is 16.4. The topological polar surface area (TPSA) is 45.5 Å². The standard InChI is InChI=1S/C15H20N2O2/c1-3-16(4-2)9-10-17-8-7-12-11-13(15(18)19)5-6-14(12)17/h5-8,11H,3-4,9-10H2,1-2H3,(H,18,19). The summed E-state index contributed by atoms with van der Waals surface area (Å²) in [5.74, 6) is -0.877. The van der Waals surface area contributed by atoms with E-state index in [0.717, 1.165) is 37.1 Å². The highest BCUT2D eigenvalue weighted by molar-refractivity contribution is 5.93. The number of hydrogen-bond acceptors (Lipinski definition) is 2. The molecule has 0 saturated carbocycles. The van der Waals surface area contributed by atoms with Crippen LogP contribution in [0.15, 0.2) is 30.5 Å². The fourth-order valence-corrected chi connectivity index (χ4v) is 2.32. The van der Waals surface area contributed by atoms with Crippen molar-refractivity contribution in [3.05, 3.63) is 36.0 Å². The van der Waals surface area contributed by atoms with E-state index in [4.69, 9.17) is 5.11 Å². The van der Waals surface area contributed by atoms with Crippen LogP contribution < -0.4 is 0 Å². The third-order valence-corrected chi connectivity index (χ3v) is 3.57. The van der Waals surface area contributed by atoms with Gasteiger partial charge in [0.25, 0.3) is 0 Å². The number of carbonyl (C=O) groups is 1. The highest BCUT2D eigenvalue weighted by Gasteiger charge is 2.07. The molecule has 1 aromatic carbocycles. The quantitative estimate of drug-likeness (QED) is 0.868. The fraction of sp³-hybridized carbons (Fsp3) is 0.400. The Hall–Kier alpha value is -1.81. The zero-order valence-corrected chi connectivity index (χ0v) is 11.5. The molecular formula is C15H20N2O2. The molecule has 0 aliphatic rings. The van der Waals surface area contributed by atoms with E-state index in [-0.39, 0.29) is 0 Å². The molecule has 0 unspecified atom stereocenters. The van der Waals surface area contributed by atoms with E-state index in [1.165, 1.54) is 0 Å². The number of benzene rings is 1. The van der Waals surface area contributed by atoms with Crippen molar-refractivity contribution in [2.75, 3.05) is 19.6 Å². The van der Waals surface area contributed by atoms with Crippen LogP contribution in [0.2, 0.25) is 0 Å². The Balaban J connectivity index is 2.19. The van der Waals surface area contributed by atoms with E-state index in [0.29, 0.717) is 5.56 Å². The molecule has 0 saturated heterocycles. The maximum atomic E-state index is 10.9. The summed E-state index contributed by atoms with van der Waals surface area (Å²) in [6.45, 7) is 8.37. The summed E-state index contributed by atoms with van der Waals surface area (Å²) >= 11 is 0. The molecule has 0 bridgehead atoms. The summed E-state index contributed by atoms with van der Waals surface area (Å²) in [7, 11) is 0. The van der Waals surface area contributed by atoms with Crippen LogP contribution in [0.1, 0.15) is 24.2 Å². The van der Waals surface area contributed by atoms with Crippen molar-refractivity contribution in [1.82, 2.24) is 9.47 Å². The lowest BCUT2D eigenvalue weighted by Gasteiger charge is -2.18. The van der Waals surface area contributed by atoms with Crippen molar-refractivity contribution in [3.63, 3.8) is 0 Å². The minimum atomic E-state index is -0.877. The Morgan fingerprint density at radius 2 is 2.00 bits per heavy atom. The summed E-state index contributed by atoms with van der Waals surface area (Å²) in [5, 5.41) is 9.96. The van der Waals surface area contributed by atoms with Gasteiger partial charge in [0, 0.05) is 30.2 Å². The Labute approximate surface area is 113 Å². The number of rotatable bonds is 6. The van der Waals surface area contributed by atoms with Gasteiger partial charge in [0.1, 0.15) is 0 Å². The third-order valence-electron chi connectivity index (χ3n) is 3.57. The van der Waals surface area contributed by atoms with E-state index in [1.807, 2.05) is 18.3 Å². The number of carboxylic acid groups (broad SMARTS) is 1. The molecule has 0 atom stereocenters. The Morgan fingerprint density at radius 1 is 1.26 bits per heavy atom. The van der Waals surface area contributed by atoms with Gasteiger partial charge in [-0.3, -0.25) is 0 Å². The molecule has 4 heteroatoms. The lowest BCUT2D eigenvalue weighted by atomic mass is 10.1. The van der Waals surface area contributed by atoms with E-state index in [9.17, 15) is 4.79 Å². The van der Waals surface area contributed by atoms with Crippen molar-refractivity contribution >= 4 is 16.9 Å². The first kappa shape index (κ1) is 13.6. The molecular weight excluding hydrogens is 240 g/mol. The third kappa shape index (κ3) is 2.96. The second-order valence-corrected chi connectivity index (χ2v) is 4.61. The second-order valence-electron chi connectivity index (χ2n) is 4.61. The van der Waals surface area contributed by atoms with Gasteiger partial charge < -0.3 is 14.6 Å². The van der Waals surface area contributed by atoms with Gasteiger partial charge in [-0.15, -0.1) is 0 Å². The zero-order valence-electron chi connectivity index (χ0n) is 11.5. The maximum Gasteiger partial charge on any atom is 0.335 e. The minimum absolute atomic E-state index is 0.342. The molecule has 102 valence electrons. The van der Waals surface area contributed by atoms with Crippen LogP contribution >= 0.6 is 0 Å². The first-order valence-electron chi connectivity index (χ1n) is 6.70. The molecule has 4 nitrogen and oxygen atoms in total. The highest BCUT2D eigenvalue weighted by Crippen LogP contribution is 2.17.